The molecule has 11 nitrogen and oxygen atoms in total. The molecule has 7 unspecified atom stereocenters. The molecule has 97 heavy (non-hydrogen) atoms. The molecule has 1 heterocycles. The second-order valence-electron chi connectivity index (χ2n) is 30.2. The topological polar surface area (TPSA) is 175 Å². The van der Waals surface area contributed by atoms with Crippen LogP contribution in [-0.2, 0) is 23.8 Å². The third-order valence-corrected chi connectivity index (χ3v) is 20.8. The lowest BCUT2D eigenvalue weighted by Gasteiger charge is -2.40. The predicted molar refractivity (Wildman–Crippen MR) is 412 cm³/mol. The van der Waals surface area contributed by atoms with E-state index in [1.165, 1.54) is 372 Å². The molecule has 7 atom stereocenters. The molecule has 574 valence electrons. The maximum absolute atomic E-state index is 13.1. The fourth-order valence-electron chi connectivity index (χ4n) is 14.1. The van der Waals surface area contributed by atoms with Crippen molar-refractivity contribution in [1.82, 2.24) is 5.32 Å². The van der Waals surface area contributed by atoms with Gasteiger partial charge in [0.1, 0.15) is 24.4 Å². The Labute approximate surface area is 601 Å². The Hall–Kier alpha value is -1.86. The summed E-state index contributed by atoms with van der Waals surface area (Å²) in [5.74, 6) is -0.160. The highest BCUT2D eigenvalue weighted by Crippen LogP contribution is 2.24. The number of hydrogen-bond acceptors (Lipinski definition) is 10. The summed E-state index contributed by atoms with van der Waals surface area (Å²) in [5, 5.41) is 54.6. The van der Waals surface area contributed by atoms with Gasteiger partial charge >= 0.3 is 5.97 Å². The van der Waals surface area contributed by atoms with Crippen molar-refractivity contribution >= 4 is 11.9 Å². The molecule has 1 amide bonds. The van der Waals surface area contributed by atoms with Crippen LogP contribution >= 0.6 is 0 Å². The molecular weight excluding hydrogens is 1210 g/mol. The highest BCUT2D eigenvalue weighted by Gasteiger charge is 2.44. The van der Waals surface area contributed by atoms with Crippen LogP contribution in [0.15, 0.2) is 24.3 Å². The van der Waals surface area contributed by atoms with Crippen LogP contribution in [0.1, 0.15) is 450 Å². The van der Waals surface area contributed by atoms with E-state index in [2.05, 4.69) is 31.3 Å². The number of nitrogens with one attached hydrogen (secondary N) is 1. The standard InChI is InChI=1S/C86H165NO10/c1-3-5-7-9-11-13-15-17-18-42-46-50-54-58-62-66-70-74-82(91)95-75-71-67-63-59-55-51-47-44-41-39-37-35-33-31-29-27-25-23-21-19-20-22-24-26-28-30-32-34-36-38-40-43-45-49-53-57-61-65-69-73-81(90)87-78(77-96-86-85(94)84(93)83(92)80(76-88)97-86)79(89)72-68-64-60-56-52-48-16-14-12-10-8-6-4-2/h52,56,68,72,78-80,83-86,88-89,92-94H,3-51,53-55,57-67,69-71,73-77H2,1-2H3,(H,87,90)/b56-52+,72-68+. The number of ether oxygens (including phenoxy) is 3. The Morgan fingerprint density at radius 3 is 1.02 bits per heavy atom. The van der Waals surface area contributed by atoms with E-state index in [0.717, 1.165) is 51.4 Å². The van der Waals surface area contributed by atoms with Gasteiger partial charge in [0.2, 0.25) is 5.91 Å². The summed E-state index contributed by atoms with van der Waals surface area (Å²) in [6.07, 6.45) is 88.2. The number of amides is 1. The van der Waals surface area contributed by atoms with Gasteiger partial charge in [-0.25, -0.2) is 0 Å². The van der Waals surface area contributed by atoms with Gasteiger partial charge in [0, 0.05) is 12.8 Å². The van der Waals surface area contributed by atoms with Crippen molar-refractivity contribution in [2.45, 2.75) is 493 Å². The number of aliphatic hydroxyl groups excluding tert-OH is 5. The molecule has 0 aromatic heterocycles. The Bertz CT molecular complexity index is 1660. The number of carbonyl (C=O) groups is 2. The van der Waals surface area contributed by atoms with Crippen molar-refractivity contribution in [3.63, 3.8) is 0 Å². The molecule has 6 N–H and O–H groups in total. The highest BCUT2D eigenvalue weighted by molar-refractivity contribution is 5.76. The number of esters is 1. The maximum Gasteiger partial charge on any atom is 0.305 e. The maximum atomic E-state index is 13.1. The second kappa shape index (κ2) is 75.3. The van der Waals surface area contributed by atoms with Gasteiger partial charge in [0.15, 0.2) is 6.29 Å². The molecular formula is C86H165NO10. The van der Waals surface area contributed by atoms with Crippen LogP contribution in [0, 0.1) is 0 Å². The minimum absolute atomic E-state index is 0.0233. The second-order valence-corrected chi connectivity index (χ2v) is 30.2. The zero-order chi connectivity index (χ0) is 70.1. The number of unbranched alkanes of at least 4 members (excludes halogenated alkanes) is 62. The summed E-state index contributed by atoms with van der Waals surface area (Å²) in [6, 6.07) is -0.823. The Kier molecular flexibility index (Phi) is 72.3. The lowest BCUT2D eigenvalue weighted by molar-refractivity contribution is -0.302. The van der Waals surface area contributed by atoms with Gasteiger partial charge in [-0.15, -0.1) is 0 Å². The molecule has 1 rings (SSSR count). The minimum Gasteiger partial charge on any atom is -0.466 e. The van der Waals surface area contributed by atoms with Crippen LogP contribution in [0.5, 0.6) is 0 Å². The summed E-state index contributed by atoms with van der Waals surface area (Å²) in [7, 11) is 0. The first-order chi connectivity index (χ1) is 47.7. The largest absolute Gasteiger partial charge is 0.466 e. The average molecular weight is 1370 g/mol. The fraction of sp³-hybridized carbons (Fsp3) is 0.930. The van der Waals surface area contributed by atoms with Gasteiger partial charge in [-0.1, -0.05) is 417 Å². The van der Waals surface area contributed by atoms with Crippen molar-refractivity contribution in [3.05, 3.63) is 24.3 Å². The molecule has 0 bridgehead atoms. The van der Waals surface area contributed by atoms with Crippen LogP contribution in [0.2, 0.25) is 0 Å². The van der Waals surface area contributed by atoms with Gasteiger partial charge in [-0.3, -0.25) is 9.59 Å². The third-order valence-electron chi connectivity index (χ3n) is 20.8. The Balaban J connectivity index is 1.85. The van der Waals surface area contributed by atoms with E-state index in [9.17, 15) is 35.1 Å². The zero-order valence-corrected chi connectivity index (χ0v) is 64.3. The molecule has 1 fully saturated rings. The number of hydrogen-bond donors (Lipinski definition) is 6. The molecule has 0 saturated carbocycles. The van der Waals surface area contributed by atoms with Gasteiger partial charge in [0.05, 0.1) is 32.0 Å². The first kappa shape index (κ1) is 93.2. The molecule has 0 aromatic rings. The first-order valence-electron chi connectivity index (χ1n) is 43.1. The molecule has 0 aromatic carbocycles. The van der Waals surface area contributed by atoms with Crippen LogP contribution in [0.3, 0.4) is 0 Å². The highest BCUT2D eigenvalue weighted by atomic mass is 16.7. The Morgan fingerprint density at radius 2 is 0.670 bits per heavy atom. The van der Waals surface area contributed by atoms with Crippen LogP contribution in [0.4, 0.5) is 0 Å². The van der Waals surface area contributed by atoms with Gasteiger partial charge in [0.25, 0.3) is 0 Å². The minimum atomic E-state index is -1.57. The van der Waals surface area contributed by atoms with Crippen molar-refractivity contribution in [2.24, 2.45) is 0 Å². The predicted octanol–water partition coefficient (Wildman–Crippen LogP) is 23.9. The summed E-state index contributed by atoms with van der Waals surface area (Å²) >= 11 is 0. The number of allylic oxidation sites excluding steroid dienone is 3. The van der Waals surface area contributed by atoms with Crippen molar-refractivity contribution in [1.29, 1.82) is 0 Å². The first-order valence-corrected chi connectivity index (χ1v) is 43.1. The van der Waals surface area contributed by atoms with Crippen molar-refractivity contribution in [3.8, 4) is 0 Å². The molecule has 0 spiro atoms. The molecule has 1 saturated heterocycles. The molecule has 0 radical (unpaired) electrons. The SMILES string of the molecule is CCCCCCCCC/C=C/CC/C=C/C(O)C(COC1OC(CO)C(O)C(O)C1O)NC(=O)CCCCCCCCCCCCCCCCCCCCCCCCCCCCCCCCCCCCCCCCCOC(=O)CCCCCCCCCCCCCCCCCCC. The van der Waals surface area contributed by atoms with Crippen molar-refractivity contribution < 1.29 is 49.3 Å². The van der Waals surface area contributed by atoms with E-state index in [-0.39, 0.29) is 18.5 Å². The summed E-state index contributed by atoms with van der Waals surface area (Å²) in [4.78, 5) is 25.2. The van der Waals surface area contributed by atoms with Crippen LogP contribution < -0.4 is 5.32 Å². The lowest BCUT2D eigenvalue weighted by Crippen LogP contribution is -2.60. The van der Waals surface area contributed by atoms with Crippen LogP contribution in [0.25, 0.3) is 0 Å². The van der Waals surface area contributed by atoms with Gasteiger partial charge in [-0.05, 0) is 44.9 Å². The summed E-state index contributed by atoms with van der Waals surface area (Å²) in [5.41, 5.74) is 0. The quantitative estimate of drug-likeness (QED) is 0.0195. The normalized spacial score (nSPS) is 17.3. The molecule has 11 heteroatoms. The third kappa shape index (κ3) is 63.6. The van der Waals surface area contributed by atoms with Crippen molar-refractivity contribution in [2.75, 3.05) is 19.8 Å². The number of rotatable bonds is 78. The average Bonchev–Trinajstić information content (AvgIpc) is 0.840. The van der Waals surface area contributed by atoms with E-state index < -0.39 is 49.5 Å². The van der Waals surface area contributed by atoms with E-state index in [1.807, 2.05) is 6.08 Å². The zero-order valence-electron chi connectivity index (χ0n) is 64.3. The fourth-order valence-corrected chi connectivity index (χ4v) is 14.1. The Morgan fingerprint density at radius 1 is 0.371 bits per heavy atom. The van der Waals surface area contributed by atoms with Gasteiger partial charge in [-0.2, -0.15) is 0 Å². The lowest BCUT2D eigenvalue weighted by atomic mass is 9.99. The number of aliphatic hydroxyl groups is 5. The molecule has 1 aliphatic heterocycles. The van der Waals surface area contributed by atoms with E-state index in [4.69, 9.17) is 14.2 Å². The summed E-state index contributed by atoms with van der Waals surface area (Å²) in [6.45, 7) is 4.39. The number of carbonyl (C=O) groups excluding carboxylic acids is 2. The summed E-state index contributed by atoms with van der Waals surface area (Å²) < 4.78 is 16.8. The monoisotopic (exact) mass is 1370 g/mol. The van der Waals surface area contributed by atoms with Crippen LogP contribution in [-0.4, -0.2) is 100 Å². The molecule has 1 aliphatic rings. The van der Waals surface area contributed by atoms with E-state index in [0.29, 0.717) is 19.4 Å². The van der Waals surface area contributed by atoms with E-state index >= 15 is 0 Å². The molecule has 0 aliphatic carbocycles. The van der Waals surface area contributed by atoms with E-state index in [1.54, 1.807) is 6.08 Å². The smallest absolute Gasteiger partial charge is 0.305 e. The van der Waals surface area contributed by atoms with Gasteiger partial charge < -0.3 is 45.1 Å².